The van der Waals surface area contributed by atoms with E-state index in [1.54, 1.807) is 0 Å². The highest BCUT2D eigenvalue weighted by molar-refractivity contribution is 7.98. The van der Waals surface area contributed by atoms with Crippen molar-refractivity contribution in [1.29, 1.82) is 0 Å². The number of hydrogen-bond acceptors (Lipinski definition) is 5. The second-order valence-electron chi connectivity index (χ2n) is 5.96. The Morgan fingerprint density at radius 1 is 1.07 bits per heavy atom. The van der Waals surface area contributed by atoms with Gasteiger partial charge < -0.3 is 15.1 Å². The summed E-state index contributed by atoms with van der Waals surface area (Å²) in [7, 11) is 0. The zero-order valence-corrected chi connectivity index (χ0v) is 16.7. The Bertz CT molecular complexity index is 1030. The average Bonchev–Trinajstić information content (AvgIpc) is 3.29. The predicted molar refractivity (Wildman–Crippen MR) is 111 cm³/mol. The van der Waals surface area contributed by atoms with Gasteiger partial charge in [0.25, 0.3) is 5.22 Å². The van der Waals surface area contributed by atoms with Crippen LogP contribution < -0.4 is 5.73 Å². The molecule has 0 spiro atoms. The molecule has 140 valence electrons. The van der Waals surface area contributed by atoms with E-state index in [0.29, 0.717) is 23.3 Å². The smallest absolute Gasteiger partial charge is 0.276 e. The Balaban J connectivity index is 0.00000210. The van der Waals surface area contributed by atoms with E-state index in [-0.39, 0.29) is 18.4 Å². The molecule has 4 aromatic rings. The number of halogens is 2. The van der Waals surface area contributed by atoms with Gasteiger partial charge in [-0.3, -0.25) is 0 Å². The molecule has 0 saturated carbocycles. The lowest BCUT2D eigenvalue weighted by Crippen LogP contribution is -2.13. The Hall–Kier alpha value is -1.99. The third-order valence-corrected chi connectivity index (χ3v) is 5.40. The van der Waals surface area contributed by atoms with E-state index >= 15 is 0 Å². The van der Waals surface area contributed by atoms with Crippen LogP contribution in [0.15, 0.2) is 64.4 Å². The van der Waals surface area contributed by atoms with Crippen LogP contribution in [0.25, 0.3) is 10.9 Å². The minimum absolute atomic E-state index is 0. The third-order valence-electron chi connectivity index (χ3n) is 4.16. The lowest BCUT2D eigenvalue weighted by atomic mass is 10.1. The van der Waals surface area contributed by atoms with Gasteiger partial charge in [0.1, 0.15) is 0 Å². The number of nitrogens with zero attached hydrogens (tertiary/aromatic N) is 2. The highest BCUT2D eigenvalue weighted by atomic mass is 35.5. The fourth-order valence-corrected chi connectivity index (χ4v) is 3.86. The standard InChI is InChI=1S/C19H17ClN4OS.ClH/c20-15-7-3-1-5-12(15)11-26-19-24-23-18(25-19)16(21)9-13-10-22-17-8-4-2-6-14(13)17;/h1-8,10,16,22H,9,11,21H2;1H. The quantitative estimate of drug-likeness (QED) is 0.421. The normalized spacial score (nSPS) is 12.1. The number of nitrogens with two attached hydrogens (primary N) is 1. The van der Waals surface area contributed by atoms with Crippen LogP contribution in [0, 0.1) is 0 Å². The van der Waals surface area contributed by atoms with E-state index in [1.807, 2.05) is 48.7 Å². The van der Waals surface area contributed by atoms with E-state index in [4.69, 9.17) is 21.8 Å². The predicted octanol–water partition coefficient (Wildman–Crippen LogP) is 5.16. The molecular formula is C19H18Cl2N4OS. The minimum atomic E-state index is -0.351. The van der Waals surface area contributed by atoms with Crippen LogP contribution in [0.2, 0.25) is 5.02 Å². The lowest BCUT2D eigenvalue weighted by Gasteiger charge is -2.06. The second-order valence-corrected chi connectivity index (χ2v) is 7.29. The molecule has 0 bridgehead atoms. The number of rotatable bonds is 6. The number of aromatic nitrogens is 3. The number of hydrogen-bond donors (Lipinski definition) is 2. The third kappa shape index (κ3) is 4.47. The van der Waals surface area contributed by atoms with Crippen LogP contribution in [0.3, 0.4) is 0 Å². The van der Waals surface area contributed by atoms with Gasteiger partial charge in [-0.1, -0.05) is 59.8 Å². The number of para-hydroxylation sites is 1. The van der Waals surface area contributed by atoms with Crippen molar-refractivity contribution < 1.29 is 4.42 Å². The van der Waals surface area contributed by atoms with Crippen molar-refractivity contribution in [3.05, 3.63) is 76.8 Å². The maximum atomic E-state index is 6.28. The minimum Gasteiger partial charge on any atom is -0.414 e. The Kier molecular flexibility index (Phi) is 6.44. The Morgan fingerprint density at radius 2 is 1.85 bits per heavy atom. The van der Waals surface area contributed by atoms with E-state index < -0.39 is 0 Å². The van der Waals surface area contributed by atoms with E-state index in [0.717, 1.165) is 27.1 Å². The van der Waals surface area contributed by atoms with Gasteiger partial charge >= 0.3 is 0 Å². The van der Waals surface area contributed by atoms with Gasteiger partial charge in [-0.2, -0.15) is 0 Å². The van der Waals surface area contributed by atoms with Gasteiger partial charge in [0.15, 0.2) is 0 Å². The largest absolute Gasteiger partial charge is 0.414 e. The number of fused-ring (bicyclic) bond motifs is 1. The maximum absolute atomic E-state index is 6.28. The molecule has 0 amide bonds. The Morgan fingerprint density at radius 3 is 2.70 bits per heavy atom. The van der Waals surface area contributed by atoms with E-state index in [1.165, 1.54) is 11.8 Å². The summed E-state index contributed by atoms with van der Waals surface area (Å²) in [6.45, 7) is 0. The van der Waals surface area contributed by atoms with Crippen LogP contribution in [-0.4, -0.2) is 15.2 Å². The van der Waals surface area contributed by atoms with Gasteiger partial charge in [0, 0.05) is 27.9 Å². The van der Waals surface area contributed by atoms with Gasteiger partial charge in [0.05, 0.1) is 6.04 Å². The summed E-state index contributed by atoms with van der Waals surface area (Å²) in [6.07, 6.45) is 2.61. The maximum Gasteiger partial charge on any atom is 0.276 e. The van der Waals surface area contributed by atoms with Gasteiger partial charge in [0.2, 0.25) is 5.89 Å². The molecule has 4 rings (SSSR count). The molecule has 27 heavy (non-hydrogen) atoms. The summed E-state index contributed by atoms with van der Waals surface area (Å²) in [6, 6.07) is 15.5. The molecule has 2 aromatic carbocycles. The Labute approximate surface area is 172 Å². The molecule has 1 atom stereocenters. The number of thioether (sulfide) groups is 1. The fourth-order valence-electron chi connectivity index (χ4n) is 2.81. The van der Waals surface area contributed by atoms with Crippen molar-refractivity contribution in [2.75, 3.05) is 0 Å². The van der Waals surface area contributed by atoms with Crippen molar-refractivity contribution in [2.24, 2.45) is 5.73 Å². The molecule has 8 heteroatoms. The van der Waals surface area contributed by atoms with Gasteiger partial charge in [-0.25, -0.2) is 0 Å². The van der Waals surface area contributed by atoms with E-state index in [2.05, 4.69) is 21.2 Å². The molecule has 2 aromatic heterocycles. The first kappa shape index (κ1) is 19.8. The first-order chi connectivity index (χ1) is 12.7. The van der Waals surface area contributed by atoms with Crippen LogP contribution in [0.1, 0.15) is 23.1 Å². The molecular weight excluding hydrogens is 403 g/mol. The average molecular weight is 421 g/mol. The number of benzene rings is 2. The molecule has 0 fully saturated rings. The lowest BCUT2D eigenvalue weighted by molar-refractivity contribution is 0.385. The molecule has 2 heterocycles. The number of nitrogens with one attached hydrogen (secondary N) is 1. The number of aromatic amines is 1. The summed E-state index contributed by atoms with van der Waals surface area (Å²) < 4.78 is 5.73. The molecule has 3 N–H and O–H groups in total. The van der Waals surface area contributed by atoms with Crippen LogP contribution >= 0.6 is 35.8 Å². The molecule has 0 saturated heterocycles. The van der Waals surface area contributed by atoms with Crippen LogP contribution in [0.5, 0.6) is 0 Å². The highest BCUT2D eigenvalue weighted by Crippen LogP contribution is 2.28. The summed E-state index contributed by atoms with van der Waals surface area (Å²) in [4.78, 5) is 3.26. The molecule has 1 unspecified atom stereocenters. The van der Waals surface area contributed by atoms with Crippen molar-refractivity contribution in [1.82, 2.24) is 15.2 Å². The first-order valence-corrected chi connectivity index (χ1v) is 9.57. The SMILES string of the molecule is Cl.NC(Cc1c[nH]c2ccccc12)c1nnc(SCc2ccccc2Cl)o1. The monoisotopic (exact) mass is 420 g/mol. The van der Waals surface area contributed by atoms with Crippen molar-refractivity contribution in [3.8, 4) is 0 Å². The summed E-state index contributed by atoms with van der Waals surface area (Å²) in [5.41, 5.74) is 9.54. The summed E-state index contributed by atoms with van der Waals surface area (Å²) in [5.74, 6) is 1.11. The van der Waals surface area contributed by atoms with Crippen molar-refractivity contribution in [2.45, 2.75) is 23.4 Å². The second kappa shape index (κ2) is 8.80. The summed E-state index contributed by atoms with van der Waals surface area (Å²) >= 11 is 7.62. The number of H-pyrrole nitrogens is 1. The van der Waals surface area contributed by atoms with E-state index in [9.17, 15) is 0 Å². The van der Waals surface area contributed by atoms with Gasteiger partial charge in [-0.15, -0.1) is 22.6 Å². The van der Waals surface area contributed by atoms with Crippen LogP contribution in [0.4, 0.5) is 0 Å². The molecule has 0 aliphatic rings. The van der Waals surface area contributed by atoms with Crippen molar-refractivity contribution >= 4 is 46.7 Å². The van der Waals surface area contributed by atoms with Crippen molar-refractivity contribution in [3.63, 3.8) is 0 Å². The topological polar surface area (TPSA) is 80.7 Å². The first-order valence-electron chi connectivity index (χ1n) is 8.21. The zero-order valence-electron chi connectivity index (χ0n) is 14.3. The highest BCUT2D eigenvalue weighted by Gasteiger charge is 2.17. The molecule has 5 nitrogen and oxygen atoms in total. The van der Waals surface area contributed by atoms with Gasteiger partial charge in [-0.05, 0) is 29.7 Å². The fraction of sp³-hybridized carbons (Fsp3) is 0.158. The van der Waals surface area contributed by atoms with Crippen LogP contribution in [-0.2, 0) is 12.2 Å². The summed E-state index contributed by atoms with van der Waals surface area (Å²) in [5, 5.41) is 10.6. The zero-order chi connectivity index (χ0) is 17.9. The molecule has 0 aliphatic heterocycles. The molecule has 0 aliphatic carbocycles. The molecule has 0 radical (unpaired) electrons.